The lowest BCUT2D eigenvalue weighted by Crippen LogP contribution is -2.07. The summed E-state index contributed by atoms with van der Waals surface area (Å²) in [6, 6.07) is 2.70. The molecule has 3 aromatic heterocycles. The van der Waals surface area contributed by atoms with Gasteiger partial charge < -0.3 is 24.5 Å². The lowest BCUT2D eigenvalue weighted by atomic mass is 10.2. The third-order valence-corrected chi connectivity index (χ3v) is 4.52. The summed E-state index contributed by atoms with van der Waals surface area (Å²) in [5, 5.41) is 0.290. The SMILES string of the molecule is CC(C)Cn1c(-c2ccc(P(=O)(O)O)o2)nc2c(N)c(Cl)cnc21. The number of hydrogen-bond donors (Lipinski definition) is 3. The fourth-order valence-corrected chi connectivity index (χ4v) is 3.01. The van der Waals surface area contributed by atoms with Gasteiger partial charge in [-0.3, -0.25) is 4.57 Å². The lowest BCUT2D eigenvalue weighted by Gasteiger charge is -2.10. The average Bonchev–Trinajstić information content (AvgIpc) is 3.07. The summed E-state index contributed by atoms with van der Waals surface area (Å²) in [5.41, 5.74) is 6.82. The Kier molecular flexibility index (Phi) is 4.17. The highest BCUT2D eigenvalue weighted by atomic mass is 35.5. The summed E-state index contributed by atoms with van der Waals surface area (Å²) < 4.78 is 18.4. The zero-order chi connectivity index (χ0) is 17.6. The van der Waals surface area contributed by atoms with Crippen molar-refractivity contribution in [1.82, 2.24) is 14.5 Å². The van der Waals surface area contributed by atoms with Crippen LogP contribution in [0, 0.1) is 5.92 Å². The van der Waals surface area contributed by atoms with Gasteiger partial charge in [-0.05, 0) is 18.1 Å². The maximum atomic E-state index is 11.3. The second-order valence-corrected chi connectivity index (χ2v) is 7.75. The third kappa shape index (κ3) is 2.93. The average molecular weight is 371 g/mol. The van der Waals surface area contributed by atoms with E-state index in [1.54, 1.807) is 4.57 Å². The number of imidazole rings is 1. The van der Waals surface area contributed by atoms with E-state index in [2.05, 4.69) is 9.97 Å². The molecule has 0 aliphatic heterocycles. The number of nitrogens with two attached hydrogens (primary N) is 1. The Morgan fingerprint density at radius 1 is 1.42 bits per heavy atom. The largest absolute Gasteiger partial charge is 0.445 e. The van der Waals surface area contributed by atoms with Crippen LogP contribution in [0.2, 0.25) is 5.02 Å². The van der Waals surface area contributed by atoms with Crippen molar-refractivity contribution >= 4 is 41.5 Å². The van der Waals surface area contributed by atoms with E-state index >= 15 is 0 Å². The molecule has 0 atom stereocenters. The molecule has 128 valence electrons. The minimum absolute atomic E-state index is 0.225. The highest BCUT2D eigenvalue weighted by molar-refractivity contribution is 7.59. The number of aromatic nitrogens is 3. The summed E-state index contributed by atoms with van der Waals surface area (Å²) >= 11 is 6.00. The molecular formula is C14H16ClN4O4P. The fraction of sp³-hybridized carbons (Fsp3) is 0.286. The maximum absolute atomic E-state index is 11.3. The Bertz CT molecular complexity index is 959. The second kappa shape index (κ2) is 5.89. The molecule has 0 aliphatic carbocycles. The third-order valence-electron chi connectivity index (χ3n) is 3.40. The van der Waals surface area contributed by atoms with Crippen LogP contribution in [0.15, 0.2) is 22.7 Å². The molecule has 0 amide bonds. The number of furan rings is 1. The van der Waals surface area contributed by atoms with Gasteiger partial charge in [-0.25, -0.2) is 9.97 Å². The molecule has 0 unspecified atom stereocenters. The number of rotatable bonds is 4. The van der Waals surface area contributed by atoms with Crippen molar-refractivity contribution < 1.29 is 18.8 Å². The molecule has 3 rings (SSSR count). The summed E-state index contributed by atoms with van der Waals surface area (Å²) in [5.74, 6) is 0.887. The van der Waals surface area contributed by atoms with Gasteiger partial charge >= 0.3 is 7.60 Å². The molecule has 0 fully saturated rings. The van der Waals surface area contributed by atoms with Gasteiger partial charge in [-0.15, -0.1) is 0 Å². The molecule has 3 aromatic rings. The molecule has 0 aliphatic rings. The van der Waals surface area contributed by atoms with Crippen LogP contribution in [0.1, 0.15) is 13.8 Å². The predicted molar refractivity (Wildman–Crippen MR) is 91.2 cm³/mol. The Morgan fingerprint density at radius 3 is 2.71 bits per heavy atom. The molecule has 10 heteroatoms. The second-order valence-electron chi connectivity index (χ2n) is 5.81. The molecule has 0 spiro atoms. The van der Waals surface area contributed by atoms with E-state index in [-0.39, 0.29) is 11.7 Å². The van der Waals surface area contributed by atoms with Crippen molar-refractivity contribution in [2.24, 2.45) is 5.92 Å². The van der Waals surface area contributed by atoms with Crippen molar-refractivity contribution in [2.75, 3.05) is 5.73 Å². The Balaban J connectivity index is 2.24. The zero-order valence-corrected chi connectivity index (χ0v) is 14.6. The quantitative estimate of drug-likeness (QED) is 0.601. The summed E-state index contributed by atoms with van der Waals surface area (Å²) in [6.07, 6.45) is 1.45. The topological polar surface area (TPSA) is 127 Å². The van der Waals surface area contributed by atoms with Crippen LogP contribution in [0.4, 0.5) is 5.69 Å². The number of halogens is 1. The summed E-state index contributed by atoms with van der Waals surface area (Å²) in [4.78, 5) is 27.2. The molecule has 8 nitrogen and oxygen atoms in total. The van der Waals surface area contributed by atoms with Crippen molar-refractivity contribution in [1.29, 1.82) is 0 Å². The molecule has 0 bridgehead atoms. The van der Waals surface area contributed by atoms with Crippen LogP contribution >= 0.6 is 19.2 Å². The van der Waals surface area contributed by atoms with Gasteiger partial charge in [0.25, 0.3) is 0 Å². The van der Waals surface area contributed by atoms with E-state index in [0.29, 0.717) is 34.2 Å². The Hall–Kier alpha value is -1.86. The van der Waals surface area contributed by atoms with Crippen LogP contribution in [0.5, 0.6) is 0 Å². The first kappa shape index (κ1) is 17.0. The minimum atomic E-state index is -4.48. The molecule has 3 heterocycles. The minimum Gasteiger partial charge on any atom is -0.445 e. The van der Waals surface area contributed by atoms with Gasteiger partial charge in [-0.2, -0.15) is 0 Å². The van der Waals surface area contributed by atoms with Gasteiger partial charge in [0.2, 0.25) is 5.50 Å². The standard InChI is InChI=1S/C14H16ClN4O4P/c1-7(2)6-19-13(9-3-4-10(23-9)24(20,21)22)18-12-11(16)8(15)5-17-14(12)19/h3-5,7H,6H2,1-2H3,(H2,16,17)(H2,20,21,22). The number of nitrogen functional groups attached to an aromatic ring is 1. The summed E-state index contributed by atoms with van der Waals surface area (Å²) in [6.45, 7) is 4.63. The molecular weight excluding hydrogens is 355 g/mol. The van der Waals surface area contributed by atoms with Crippen LogP contribution in [-0.4, -0.2) is 24.3 Å². The molecule has 4 N–H and O–H groups in total. The van der Waals surface area contributed by atoms with Gasteiger partial charge in [0, 0.05) is 6.54 Å². The number of pyridine rings is 1. The van der Waals surface area contributed by atoms with Crippen molar-refractivity contribution in [2.45, 2.75) is 20.4 Å². The smallest absolute Gasteiger partial charge is 0.391 e. The molecule has 0 saturated heterocycles. The van der Waals surface area contributed by atoms with Crippen LogP contribution in [0.3, 0.4) is 0 Å². The van der Waals surface area contributed by atoms with E-state index < -0.39 is 13.1 Å². The summed E-state index contributed by atoms with van der Waals surface area (Å²) in [7, 11) is -4.48. The fourth-order valence-electron chi connectivity index (χ4n) is 2.39. The normalized spacial score (nSPS) is 12.4. The molecule has 0 aromatic carbocycles. The van der Waals surface area contributed by atoms with Crippen LogP contribution < -0.4 is 11.2 Å². The zero-order valence-electron chi connectivity index (χ0n) is 13.0. The number of anilines is 1. The Morgan fingerprint density at radius 2 is 2.12 bits per heavy atom. The maximum Gasteiger partial charge on any atom is 0.391 e. The van der Waals surface area contributed by atoms with E-state index in [0.717, 1.165) is 0 Å². The van der Waals surface area contributed by atoms with Crippen LogP contribution in [0.25, 0.3) is 22.7 Å². The van der Waals surface area contributed by atoms with Gasteiger partial charge in [0.1, 0.15) is 5.52 Å². The van der Waals surface area contributed by atoms with Gasteiger partial charge in [0.05, 0.1) is 16.9 Å². The van der Waals surface area contributed by atoms with Gasteiger partial charge in [0.15, 0.2) is 17.2 Å². The highest BCUT2D eigenvalue weighted by Gasteiger charge is 2.25. The van der Waals surface area contributed by atoms with Crippen molar-refractivity contribution in [3.05, 3.63) is 23.4 Å². The number of nitrogens with zero attached hydrogens (tertiary/aromatic N) is 3. The van der Waals surface area contributed by atoms with E-state index in [1.165, 1.54) is 18.3 Å². The first-order valence-corrected chi connectivity index (χ1v) is 9.14. The number of fused-ring (bicyclic) bond motifs is 1. The Labute approximate surface area is 142 Å². The first-order valence-electron chi connectivity index (χ1n) is 7.15. The van der Waals surface area contributed by atoms with Gasteiger partial charge in [-0.1, -0.05) is 25.4 Å². The highest BCUT2D eigenvalue weighted by Crippen LogP contribution is 2.36. The monoisotopic (exact) mass is 370 g/mol. The van der Waals surface area contributed by atoms with Crippen LogP contribution in [-0.2, 0) is 11.1 Å². The molecule has 24 heavy (non-hydrogen) atoms. The number of hydrogen-bond acceptors (Lipinski definition) is 5. The van der Waals surface area contributed by atoms with Crippen molar-refractivity contribution in [3.63, 3.8) is 0 Å². The van der Waals surface area contributed by atoms with E-state index in [9.17, 15) is 14.4 Å². The predicted octanol–water partition coefficient (Wildman–Crippen LogP) is 2.39. The lowest BCUT2D eigenvalue weighted by molar-refractivity contribution is 0.377. The first-order chi connectivity index (χ1) is 11.2. The molecule has 0 radical (unpaired) electrons. The van der Waals surface area contributed by atoms with Crippen molar-refractivity contribution in [3.8, 4) is 11.6 Å². The molecule has 0 saturated carbocycles. The van der Waals surface area contributed by atoms with E-state index in [1.807, 2.05) is 13.8 Å². The van der Waals surface area contributed by atoms with E-state index in [4.69, 9.17) is 21.8 Å².